The number of benzene rings is 2. The molecule has 0 saturated heterocycles. The summed E-state index contributed by atoms with van der Waals surface area (Å²) in [6.45, 7) is 0.414. The van der Waals surface area contributed by atoms with Crippen molar-refractivity contribution in [3.8, 4) is 5.75 Å². The van der Waals surface area contributed by atoms with E-state index in [2.05, 4.69) is 34.6 Å². The van der Waals surface area contributed by atoms with Crippen molar-refractivity contribution in [2.75, 3.05) is 6.54 Å². The molecule has 0 spiro atoms. The number of H-pyrrole nitrogens is 1. The summed E-state index contributed by atoms with van der Waals surface area (Å²) in [6, 6.07) is 15.0. The lowest BCUT2D eigenvalue weighted by atomic mass is 10.0. The van der Waals surface area contributed by atoms with Gasteiger partial charge < -0.3 is 20.5 Å². The van der Waals surface area contributed by atoms with E-state index in [4.69, 9.17) is 0 Å². The lowest BCUT2D eigenvalue weighted by Crippen LogP contribution is -2.33. The molecule has 4 N–H and O–H groups in total. The highest BCUT2D eigenvalue weighted by molar-refractivity contribution is 5.87. The maximum atomic E-state index is 11.5. The van der Waals surface area contributed by atoms with Crippen LogP contribution in [0.2, 0.25) is 0 Å². The lowest BCUT2D eigenvalue weighted by Gasteiger charge is -2.18. The van der Waals surface area contributed by atoms with Crippen molar-refractivity contribution in [2.45, 2.75) is 25.0 Å². The van der Waals surface area contributed by atoms with E-state index in [-0.39, 0.29) is 11.3 Å². The summed E-state index contributed by atoms with van der Waals surface area (Å²) >= 11 is 0. The number of phenols is 1. The second-order valence-corrected chi connectivity index (χ2v) is 6.58. The predicted octanol–water partition coefficient (Wildman–Crippen LogP) is 2.02. The van der Waals surface area contributed by atoms with E-state index in [9.17, 15) is 15.0 Å². The molecule has 3 aromatic rings. The van der Waals surface area contributed by atoms with Gasteiger partial charge in [-0.2, -0.15) is 0 Å². The van der Waals surface area contributed by atoms with Crippen LogP contribution < -0.4 is 10.9 Å². The van der Waals surface area contributed by atoms with E-state index >= 15 is 0 Å². The first-order chi connectivity index (χ1) is 12.1. The van der Waals surface area contributed by atoms with Crippen molar-refractivity contribution >= 4 is 10.9 Å². The fourth-order valence-electron chi connectivity index (χ4n) is 3.64. The average Bonchev–Trinajstić information content (AvgIpc) is 3.03. The van der Waals surface area contributed by atoms with Crippen molar-refractivity contribution in [1.29, 1.82) is 0 Å². The van der Waals surface area contributed by atoms with Crippen molar-refractivity contribution in [1.82, 2.24) is 10.3 Å². The van der Waals surface area contributed by atoms with Gasteiger partial charge in [0.2, 0.25) is 5.56 Å². The molecule has 0 saturated carbocycles. The van der Waals surface area contributed by atoms with Crippen LogP contribution in [0.15, 0.2) is 53.3 Å². The maximum absolute atomic E-state index is 11.5. The molecule has 1 aliphatic carbocycles. The molecule has 1 aromatic heterocycles. The topological polar surface area (TPSA) is 85.3 Å². The third-order valence-electron chi connectivity index (χ3n) is 4.92. The summed E-state index contributed by atoms with van der Waals surface area (Å²) in [5.74, 6) is 0.00264. The summed E-state index contributed by atoms with van der Waals surface area (Å²) in [5.41, 5.74) is 3.49. The Labute approximate surface area is 145 Å². The van der Waals surface area contributed by atoms with Crippen LogP contribution in [0.5, 0.6) is 5.75 Å². The van der Waals surface area contributed by atoms with Crippen LogP contribution >= 0.6 is 0 Å². The Morgan fingerprint density at radius 3 is 2.52 bits per heavy atom. The number of phenolic OH excluding ortho intramolecular Hbond substituents is 1. The van der Waals surface area contributed by atoms with Gasteiger partial charge in [-0.05, 0) is 41.7 Å². The Morgan fingerprint density at radius 2 is 1.80 bits per heavy atom. The second kappa shape index (κ2) is 6.35. The summed E-state index contributed by atoms with van der Waals surface area (Å²) in [5, 5.41) is 24.6. The minimum atomic E-state index is -0.724. The van der Waals surface area contributed by atoms with Crippen LogP contribution in [0.3, 0.4) is 0 Å². The number of nitrogens with one attached hydrogen (secondary N) is 2. The largest absolute Gasteiger partial charge is 0.506 e. The summed E-state index contributed by atoms with van der Waals surface area (Å²) in [6.07, 6.45) is 1.21. The highest BCUT2D eigenvalue weighted by atomic mass is 16.3. The van der Waals surface area contributed by atoms with Gasteiger partial charge in [0.15, 0.2) is 0 Å². The summed E-state index contributed by atoms with van der Waals surface area (Å²) in [4.78, 5) is 14.1. The zero-order valence-electron chi connectivity index (χ0n) is 13.7. The molecule has 1 unspecified atom stereocenters. The molecule has 5 heteroatoms. The number of aromatic nitrogens is 1. The Bertz CT molecular complexity index is 955. The summed E-state index contributed by atoms with van der Waals surface area (Å²) in [7, 11) is 0. The third-order valence-corrected chi connectivity index (χ3v) is 4.92. The standard InChI is InChI=1S/C20H20N2O3/c23-17-7-5-15(16-6-8-19(25)22-20(16)17)18(24)11-21-14-9-12-3-1-2-4-13(12)10-14/h1-8,14,18,21,23-24H,9-11H2,(H,22,25). The molecule has 2 aromatic carbocycles. The SMILES string of the molecule is O=c1ccc2c(C(O)CNC3Cc4ccccc4C3)ccc(O)c2[nH]1. The van der Waals surface area contributed by atoms with Crippen LogP contribution in [0.1, 0.15) is 22.8 Å². The predicted molar refractivity (Wildman–Crippen MR) is 96.8 cm³/mol. The number of fused-ring (bicyclic) bond motifs is 2. The smallest absolute Gasteiger partial charge is 0.248 e. The number of aliphatic hydroxyl groups is 1. The number of aromatic amines is 1. The number of hydrogen-bond acceptors (Lipinski definition) is 4. The molecule has 0 fully saturated rings. The average molecular weight is 336 g/mol. The Morgan fingerprint density at radius 1 is 1.08 bits per heavy atom. The van der Waals surface area contributed by atoms with E-state index in [1.165, 1.54) is 23.3 Å². The van der Waals surface area contributed by atoms with E-state index in [0.717, 1.165) is 12.8 Å². The quantitative estimate of drug-likeness (QED) is 0.587. The first kappa shape index (κ1) is 15.9. The van der Waals surface area contributed by atoms with Gasteiger partial charge in [0.25, 0.3) is 0 Å². The molecule has 5 nitrogen and oxygen atoms in total. The molecule has 0 aliphatic heterocycles. The van der Waals surface area contributed by atoms with Crippen LogP contribution in [0, 0.1) is 0 Å². The number of aromatic hydroxyl groups is 1. The van der Waals surface area contributed by atoms with Gasteiger partial charge in [-0.1, -0.05) is 30.3 Å². The van der Waals surface area contributed by atoms with Crippen LogP contribution in [-0.4, -0.2) is 27.8 Å². The Hall–Kier alpha value is -2.63. The van der Waals surface area contributed by atoms with Gasteiger partial charge in [-0.25, -0.2) is 0 Å². The zero-order chi connectivity index (χ0) is 17.4. The first-order valence-corrected chi connectivity index (χ1v) is 8.45. The molecular weight excluding hydrogens is 316 g/mol. The summed E-state index contributed by atoms with van der Waals surface area (Å²) < 4.78 is 0. The molecule has 25 heavy (non-hydrogen) atoms. The molecule has 1 aliphatic rings. The molecular formula is C20H20N2O3. The van der Waals surface area contributed by atoms with Gasteiger partial charge in [-0.3, -0.25) is 4.79 Å². The monoisotopic (exact) mass is 336 g/mol. The second-order valence-electron chi connectivity index (χ2n) is 6.58. The molecule has 1 atom stereocenters. The van der Waals surface area contributed by atoms with Gasteiger partial charge in [-0.15, -0.1) is 0 Å². The number of pyridine rings is 1. The molecule has 0 bridgehead atoms. The van der Waals surface area contributed by atoms with Crippen molar-refractivity contribution in [2.24, 2.45) is 0 Å². The van der Waals surface area contributed by atoms with E-state index in [1.54, 1.807) is 12.1 Å². The molecule has 0 amide bonds. The third kappa shape index (κ3) is 3.04. The van der Waals surface area contributed by atoms with Gasteiger partial charge in [0, 0.05) is 24.0 Å². The lowest BCUT2D eigenvalue weighted by molar-refractivity contribution is 0.171. The zero-order valence-corrected chi connectivity index (χ0v) is 13.7. The minimum Gasteiger partial charge on any atom is -0.506 e. The highest BCUT2D eigenvalue weighted by Gasteiger charge is 2.22. The molecule has 128 valence electrons. The fraction of sp³-hybridized carbons (Fsp3) is 0.250. The maximum Gasteiger partial charge on any atom is 0.248 e. The normalized spacial score (nSPS) is 15.4. The van der Waals surface area contributed by atoms with Crippen molar-refractivity contribution in [3.05, 3.63) is 75.6 Å². The Balaban J connectivity index is 1.51. The van der Waals surface area contributed by atoms with E-state index < -0.39 is 6.10 Å². The number of aliphatic hydroxyl groups excluding tert-OH is 1. The highest BCUT2D eigenvalue weighted by Crippen LogP contribution is 2.29. The van der Waals surface area contributed by atoms with Gasteiger partial charge in [0.05, 0.1) is 11.6 Å². The van der Waals surface area contributed by atoms with Crippen LogP contribution in [0.4, 0.5) is 0 Å². The van der Waals surface area contributed by atoms with E-state index in [1.807, 2.05) is 0 Å². The fourth-order valence-corrected chi connectivity index (χ4v) is 3.64. The minimum absolute atomic E-state index is 0.00264. The van der Waals surface area contributed by atoms with Gasteiger partial charge >= 0.3 is 0 Å². The first-order valence-electron chi connectivity index (χ1n) is 8.45. The molecule has 1 heterocycles. The van der Waals surface area contributed by atoms with E-state index in [0.29, 0.717) is 29.1 Å². The van der Waals surface area contributed by atoms with Crippen LogP contribution in [-0.2, 0) is 12.8 Å². The van der Waals surface area contributed by atoms with Gasteiger partial charge in [0.1, 0.15) is 5.75 Å². The molecule has 0 radical (unpaired) electrons. The van der Waals surface area contributed by atoms with Crippen molar-refractivity contribution in [3.63, 3.8) is 0 Å². The molecule has 4 rings (SSSR count). The number of rotatable bonds is 4. The Kier molecular flexibility index (Phi) is 4.03. The number of hydrogen-bond donors (Lipinski definition) is 4. The van der Waals surface area contributed by atoms with Crippen molar-refractivity contribution < 1.29 is 10.2 Å². The van der Waals surface area contributed by atoms with Crippen LogP contribution in [0.25, 0.3) is 10.9 Å².